The number of fused-ring (bicyclic) bond motifs is 3. The van der Waals surface area contributed by atoms with Crippen molar-refractivity contribution in [2.45, 2.75) is 162 Å². The minimum absolute atomic E-state index is 0.0115. The summed E-state index contributed by atoms with van der Waals surface area (Å²) >= 11 is 0. The molecule has 6 unspecified atom stereocenters. The molecule has 1 amide bonds. The Balaban J connectivity index is 1.70. The maximum atomic E-state index is 13.6. The first-order valence-electron chi connectivity index (χ1n) is 18.7. The van der Waals surface area contributed by atoms with Gasteiger partial charge in [0.05, 0.1) is 30.8 Å². The quantitative estimate of drug-likeness (QED) is 0.267. The Morgan fingerprint density at radius 3 is 2.24 bits per heavy atom. The fourth-order valence-corrected chi connectivity index (χ4v) is 7.87. The number of nitrogens with zero attached hydrogens (tertiary/aromatic N) is 1. The molecule has 0 aromatic heterocycles. The number of methoxy groups -OCH3 is 1. The van der Waals surface area contributed by atoms with E-state index in [1.54, 1.807) is 12.0 Å². The van der Waals surface area contributed by atoms with Crippen LogP contribution in [-0.2, 0) is 23.8 Å². The van der Waals surface area contributed by atoms with E-state index in [1.807, 2.05) is 6.92 Å². The van der Waals surface area contributed by atoms with Crippen LogP contribution in [0.4, 0.5) is 0 Å². The summed E-state index contributed by atoms with van der Waals surface area (Å²) in [6, 6.07) is -0.475. The van der Waals surface area contributed by atoms with Crippen LogP contribution in [0, 0.1) is 29.6 Å². The van der Waals surface area contributed by atoms with E-state index >= 15 is 0 Å². The molecule has 6 nitrogen and oxygen atoms in total. The van der Waals surface area contributed by atoms with Gasteiger partial charge >= 0.3 is 5.97 Å². The molecule has 3 aliphatic heterocycles. The highest BCUT2D eigenvalue weighted by Gasteiger charge is 2.39. The van der Waals surface area contributed by atoms with E-state index in [9.17, 15) is 9.59 Å². The van der Waals surface area contributed by atoms with Gasteiger partial charge in [0, 0.05) is 20.1 Å². The molecule has 6 heteroatoms. The number of rotatable bonds is 1. The van der Waals surface area contributed by atoms with E-state index in [1.165, 1.54) is 37.7 Å². The third-order valence-electron chi connectivity index (χ3n) is 10.8. The number of hydrogen-bond donors (Lipinski definition) is 0. The van der Waals surface area contributed by atoms with Crippen molar-refractivity contribution in [3.05, 3.63) is 36.0 Å². The van der Waals surface area contributed by atoms with Crippen LogP contribution >= 0.6 is 0 Å². The van der Waals surface area contributed by atoms with Gasteiger partial charge in [0.2, 0.25) is 5.91 Å². The average Bonchev–Trinajstić information content (AvgIpc) is 3.50. The first-order valence-corrected chi connectivity index (χ1v) is 18.7. The van der Waals surface area contributed by atoms with Crippen LogP contribution in [0.15, 0.2) is 36.0 Å². The molecule has 0 spiro atoms. The fraction of sp³-hybridized carbons (Fsp3) is 0.800. The van der Waals surface area contributed by atoms with Crippen molar-refractivity contribution in [1.29, 1.82) is 0 Å². The van der Waals surface area contributed by atoms with Gasteiger partial charge in [0.25, 0.3) is 0 Å². The van der Waals surface area contributed by atoms with Gasteiger partial charge < -0.3 is 19.1 Å². The molecule has 0 radical (unpaired) electrons. The second-order valence-electron chi connectivity index (χ2n) is 15.5. The normalized spacial score (nSPS) is 38.8. The summed E-state index contributed by atoms with van der Waals surface area (Å²) in [6.07, 6.45) is 23.4. The van der Waals surface area contributed by atoms with Gasteiger partial charge in [-0.1, -0.05) is 84.3 Å². The summed E-state index contributed by atoms with van der Waals surface area (Å²) in [7, 11) is 1.76. The number of amides is 1. The van der Waals surface area contributed by atoms with Gasteiger partial charge in [-0.2, -0.15) is 0 Å². The summed E-state index contributed by atoms with van der Waals surface area (Å²) in [5.41, 5.74) is 1.17. The summed E-state index contributed by atoms with van der Waals surface area (Å²) in [4.78, 5) is 28.6. The molecule has 2 saturated heterocycles. The molecule has 3 heterocycles. The molecule has 2 bridgehead atoms. The number of carbonyl (C=O) groups is 2. The predicted octanol–water partition coefficient (Wildman–Crippen LogP) is 9.24. The van der Waals surface area contributed by atoms with Gasteiger partial charge in [-0.15, -0.1) is 0 Å². The molecule has 0 aromatic rings. The molecule has 0 N–H and O–H groups in total. The Bertz CT molecular complexity index is 1020. The van der Waals surface area contributed by atoms with E-state index < -0.39 is 6.04 Å². The lowest BCUT2D eigenvalue weighted by molar-refractivity contribution is -0.160. The second-order valence-corrected chi connectivity index (χ2v) is 15.5. The van der Waals surface area contributed by atoms with Crippen molar-refractivity contribution in [1.82, 2.24) is 4.90 Å². The largest absolute Gasteiger partial charge is 0.461 e. The number of allylic oxidation sites excluding steroid dienone is 5. The van der Waals surface area contributed by atoms with Crippen molar-refractivity contribution in [3.63, 3.8) is 0 Å². The monoisotopic (exact) mass is 642 g/mol. The summed E-state index contributed by atoms with van der Waals surface area (Å²) in [5.74, 6) is 2.65. The first kappa shape index (κ1) is 38.5. The predicted molar refractivity (Wildman–Crippen MR) is 188 cm³/mol. The molecule has 3 rings (SSSR count). The van der Waals surface area contributed by atoms with E-state index in [0.29, 0.717) is 43.1 Å². The molecular formula is C40H67NO5. The lowest BCUT2D eigenvalue weighted by Gasteiger charge is -2.37. The Hall–Kier alpha value is -1.92. The van der Waals surface area contributed by atoms with Gasteiger partial charge in [-0.05, 0) is 100 Å². The average molecular weight is 642 g/mol. The zero-order valence-electron chi connectivity index (χ0n) is 30.5. The van der Waals surface area contributed by atoms with E-state index in [2.05, 4.69) is 71.9 Å². The fourth-order valence-electron chi connectivity index (χ4n) is 7.87. The maximum absolute atomic E-state index is 13.6. The van der Waals surface area contributed by atoms with Crippen LogP contribution in [0.5, 0.6) is 0 Å². The van der Waals surface area contributed by atoms with Gasteiger partial charge in [-0.25, -0.2) is 4.79 Å². The number of cyclic esters (lactones) is 1. The minimum Gasteiger partial charge on any atom is -0.461 e. The van der Waals surface area contributed by atoms with Crippen LogP contribution in [-0.4, -0.2) is 60.9 Å². The van der Waals surface area contributed by atoms with Gasteiger partial charge in [-0.3, -0.25) is 4.79 Å². The number of ether oxygens (including phenoxy) is 3. The van der Waals surface area contributed by atoms with Crippen molar-refractivity contribution < 1.29 is 23.8 Å². The van der Waals surface area contributed by atoms with E-state index in [4.69, 9.17) is 14.2 Å². The highest BCUT2D eigenvalue weighted by Crippen LogP contribution is 2.32. The van der Waals surface area contributed by atoms with Crippen LogP contribution in [0.1, 0.15) is 132 Å². The Morgan fingerprint density at radius 2 is 1.50 bits per heavy atom. The van der Waals surface area contributed by atoms with Crippen LogP contribution in [0.25, 0.3) is 0 Å². The number of esters is 1. The minimum atomic E-state index is -0.475. The Labute approximate surface area is 281 Å². The lowest BCUT2D eigenvalue weighted by Crippen LogP contribution is -2.45. The van der Waals surface area contributed by atoms with Crippen molar-refractivity contribution in [2.24, 2.45) is 29.6 Å². The summed E-state index contributed by atoms with van der Waals surface area (Å²) in [5, 5.41) is 0. The number of hydrogen-bond acceptors (Lipinski definition) is 5. The molecule has 10 atom stereocenters. The Morgan fingerprint density at radius 1 is 0.783 bits per heavy atom. The zero-order chi connectivity index (χ0) is 33.6. The topological polar surface area (TPSA) is 65.1 Å². The molecule has 0 aliphatic carbocycles. The lowest BCUT2D eigenvalue weighted by atomic mass is 9.87. The summed E-state index contributed by atoms with van der Waals surface area (Å²) < 4.78 is 18.4. The molecule has 0 saturated carbocycles. The highest BCUT2D eigenvalue weighted by molar-refractivity contribution is 5.85. The SMILES string of the molecule is COC1CC2CC[C@@H](C)C(CC(=O)N3CCCC3C(=O)OC(C)CC[C@H](C)CC(C)CCC[C@H](C)C[C@H](C)/C=C/C=C/C=C1C)O2. The summed E-state index contributed by atoms with van der Waals surface area (Å²) in [6.45, 7) is 16.4. The number of carbonyl (C=O) groups excluding carboxylic acids is 2. The van der Waals surface area contributed by atoms with Gasteiger partial charge in [0.1, 0.15) is 6.04 Å². The van der Waals surface area contributed by atoms with Crippen molar-refractivity contribution in [3.8, 4) is 0 Å². The standard InChI is InChI=1S/C40H67NO5/c1-28-14-10-9-11-17-32(5)37(44-8)26-35-22-20-33(6)38(46-35)27-39(42)41-23-13-18-36(41)40(43)45-34(7)21-19-31(4)25-30(3)16-12-15-29(2)24-28/h9-11,14,17,28-31,33-38H,12-13,15-16,18-27H2,1-8H3/b11-9+,14-10+,32-17?/t28-,29+,30?,31+,33-,34?,35?,36?,37?,38?/m1/s1. The first-order chi connectivity index (χ1) is 22.0. The third kappa shape index (κ3) is 12.9. The van der Waals surface area contributed by atoms with Crippen LogP contribution in [0.3, 0.4) is 0 Å². The molecular weight excluding hydrogens is 574 g/mol. The molecule has 46 heavy (non-hydrogen) atoms. The molecule has 3 aliphatic rings. The Kier molecular flexibility index (Phi) is 16.6. The second kappa shape index (κ2) is 19.8. The highest BCUT2D eigenvalue weighted by atomic mass is 16.5. The van der Waals surface area contributed by atoms with Crippen LogP contribution in [0.2, 0.25) is 0 Å². The van der Waals surface area contributed by atoms with Crippen LogP contribution < -0.4 is 0 Å². The third-order valence-corrected chi connectivity index (χ3v) is 10.8. The van der Waals surface area contributed by atoms with E-state index in [-0.39, 0.29) is 36.3 Å². The maximum Gasteiger partial charge on any atom is 0.329 e. The smallest absolute Gasteiger partial charge is 0.329 e. The van der Waals surface area contributed by atoms with E-state index in [0.717, 1.165) is 44.4 Å². The zero-order valence-corrected chi connectivity index (χ0v) is 30.5. The van der Waals surface area contributed by atoms with Crippen molar-refractivity contribution >= 4 is 11.9 Å². The van der Waals surface area contributed by atoms with Gasteiger partial charge in [0.15, 0.2) is 0 Å². The molecule has 0 aromatic carbocycles. The molecule has 2 fully saturated rings. The van der Waals surface area contributed by atoms with Crippen molar-refractivity contribution in [2.75, 3.05) is 13.7 Å². The molecule has 262 valence electrons.